The standard InChI is InChI=1S/C18H19ClO3S/c1-13-2-10-17(11-3-13)23(20,21)22-12-18(14-4-5-14)15-6-8-16(19)9-7-15/h2-3,6-11,14,18H,4-5,12H2,1H3/t18-/m1/s1. The molecule has 2 aromatic rings. The maximum absolute atomic E-state index is 12.3. The van der Waals surface area contributed by atoms with E-state index in [1.165, 1.54) is 0 Å². The van der Waals surface area contributed by atoms with Crippen LogP contribution in [0.2, 0.25) is 5.02 Å². The van der Waals surface area contributed by atoms with Crippen LogP contribution in [0.1, 0.15) is 29.9 Å². The van der Waals surface area contributed by atoms with E-state index in [1.54, 1.807) is 24.3 Å². The van der Waals surface area contributed by atoms with Crippen LogP contribution >= 0.6 is 11.6 Å². The molecule has 0 aromatic heterocycles. The van der Waals surface area contributed by atoms with Gasteiger partial charge in [0.05, 0.1) is 11.5 Å². The Morgan fingerprint density at radius 2 is 1.70 bits per heavy atom. The van der Waals surface area contributed by atoms with Crippen molar-refractivity contribution < 1.29 is 12.6 Å². The van der Waals surface area contributed by atoms with Gasteiger partial charge < -0.3 is 0 Å². The first-order valence-electron chi connectivity index (χ1n) is 7.67. The summed E-state index contributed by atoms with van der Waals surface area (Å²) in [5.74, 6) is 0.580. The molecular formula is C18H19ClO3S. The predicted octanol–water partition coefficient (Wildman–Crippen LogP) is 4.55. The molecule has 2 aromatic carbocycles. The number of rotatable bonds is 6. The summed E-state index contributed by atoms with van der Waals surface area (Å²) < 4.78 is 30.0. The highest BCUT2D eigenvalue weighted by atomic mass is 35.5. The van der Waals surface area contributed by atoms with E-state index < -0.39 is 10.1 Å². The van der Waals surface area contributed by atoms with Crippen LogP contribution in [0.25, 0.3) is 0 Å². The van der Waals surface area contributed by atoms with Gasteiger partial charge >= 0.3 is 0 Å². The molecule has 3 nitrogen and oxygen atoms in total. The van der Waals surface area contributed by atoms with E-state index in [1.807, 2.05) is 31.2 Å². The van der Waals surface area contributed by atoms with Crippen molar-refractivity contribution in [1.82, 2.24) is 0 Å². The van der Waals surface area contributed by atoms with E-state index in [2.05, 4.69) is 0 Å². The van der Waals surface area contributed by atoms with E-state index in [0.29, 0.717) is 10.9 Å². The number of hydrogen-bond donors (Lipinski definition) is 0. The minimum atomic E-state index is -3.72. The maximum atomic E-state index is 12.3. The molecule has 0 bridgehead atoms. The van der Waals surface area contributed by atoms with Gasteiger partial charge in [-0.2, -0.15) is 8.42 Å². The molecule has 0 aliphatic heterocycles. The highest BCUT2D eigenvalue weighted by Gasteiger charge is 2.33. The summed E-state index contributed by atoms with van der Waals surface area (Å²) in [6.07, 6.45) is 2.22. The van der Waals surface area contributed by atoms with Gasteiger partial charge in [-0.05, 0) is 55.5 Å². The average Bonchev–Trinajstić information content (AvgIpc) is 3.34. The molecule has 23 heavy (non-hydrogen) atoms. The van der Waals surface area contributed by atoms with Gasteiger partial charge in [0.25, 0.3) is 10.1 Å². The summed E-state index contributed by atoms with van der Waals surface area (Å²) >= 11 is 5.93. The highest BCUT2D eigenvalue weighted by molar-refractivity contribution is 7.86. The first-order chi connectivity index (χ1) is 11.0. The third-order valence-corrected chi connectivity index (χ3v) is 5.75. The fourth-order valence-corrected chi connectivity index (χ4v) is 3.71. The zero-order valence-electron chi connectivity index (χ0n) is 12.9. The molecule has 1 saturated carbocycles. The molecule has 0 amide bonds. The normalized spacial score (nSPS) is 16.3. The summed E-state index contributed by atoms with van der Waals surface area (Å²) in [4.78, 5) is 0.203. The van der Waals surface area contributed by atoms with Crippen molar-refractivity contribution in [3.63, 3.8) is 0 Å². The maximum Gasteiger partial charge on any atom is 0.296 e. The predicted molar refractivity (Wildman–Crippen MR) is 91.2 cm³/mol. The summed E-state index contributed by atoms with van der Waals surface area (Å²) in [7, 11) is -3.72. The molecule has 3 rings (SSSR count). The molecule has 1 aliphatic rings. The van der Waals surface area contributed by atoms with Crippen molar-refractivity contribution in [2.24, 2.45) is 5.92 Å². The second-order valence-corrected chi connectivity index (χ2v) is 8.10. The lowest BCUT2D eigenvalue weighted by molar-refractivity contribution is 0.279. The van der Waals surface area contributed by atoms with Crippen molar-refractivity contribution in [2.75, 3.05) is 6.61 Å². The Labute approximate surface area is 142 Å². The van der Waals surface area contributed by atoms with Crippen LogP contribution in [0.4, 0.5) is 0 Å². The zero-order valence-corrected chi connectivity index (χ0v) is 14.5. The van der Waals surface area contributed by atoms with Crippen molar-refractivity contribution >= 4 is 21.7 Å². The first kappa shape index (κ1) is 16.5. The van der Waals surface area contributed by atoms with Crippen LogP contribution in [0.5, 0.6) is 0 Å². The molecule has 5 heteroatoms. The van der Waals surface area contributed by atoms with Gasteiger partial charge in [0.15, 0.2) is 0 Å². The molecular weight excluding hydrogens is 332 g/mol. The Morgan fingerprint density at radius 3 is 2.26 bits per heavy atom. The average molecular weight is 351 g/mol. The Bertz CT molecular complexity index is 763. The topological polar surface area (TPSA) is 43.4 Å². The van der Waals surface area contributed by atoms with Crippen molar-refractivity contribution in [1.29, 1.82) is 0 Å². The summed E-state index contributed by atoms with van der Waals surface area (Å²) in [5, 5.41) is 0.677. The molecule has 0 saturated heterocycles. The fraction of sp³-hybridized carbons (Fsp3) is 0.333. The molecule has 0 unspecified atom stereocenters. The van der Waals surface area contributed by atoms with E-state index in [0.717, 1.165) is 24.0 Å². The van der Waals surface area contributed by atoms with Crippen LogP contribution < -0.4 is 0 Å². The summed E-state index contributed by atoms with van der Waals surface area (Å²) in [5.41, 5.74) is 2.09. The van der Waals surface area contributed by atoms with E-state index in [9.17, 15) is 8.42 Å². The number of hydrogen-bond acceptors (Lipinski definition) is 3. The molecule has 1 atom stereocenters. The van der Waals surface area contributed by atoms with Gasteiger partial charge in [0, 0.05) is 10.9 Å². The molecule has 0 radical (unpaired) electrons. The Kier molecular flexibility index (Phi) is 4.76. The SMILES string of the molecule is Cc1ccc(S(=O)(=O)OC[C@@H](c2ccc(Cl)cc2)C2CC2)cc1. The van der Waals surface area contributed by atoms with Gasteiger partial charge in [-0.25, -0.2) is 0 Å². The Balaban J connectivity index is 1.74. The van der Waals surface area contributed by atoms with E-state index in [4.69, 9.17) is 15.8 Å². The summed E-state index contributed by atoms with van der Waals surface area (Å²) in [6, 6.07) is 14.3. The smallest absolute Gasteiger partial charge is 0.266 e. The van der Waals surface area contributed by atoms with E-state index in [-0.39, 0.29) is 17.4 Å². The molecule has 122 valence electrons. The molecule has 0 heterocycles. The second kappa shape index (κ2) is 6.63. The van der Waals surface area contributed by atoms with Gasteiger partial charge in [0.2, 0.25) is 0 Å². The lowest BCUT2D eigenvalue weighted by Crippen LogP contribution is -2.15. The minimum Gasteiger partial charge on any atom is -0.266 e. The van der Waals surface area contributed by atoms with Gasteiger partial charge in [0.1, 0.15) is 0 Å². The first-order valence-corrected chi connectivity index (χ1v) is 9.46. The van der Waals surface area contributed by atoms with Crippen molar-refractivity contribution in [3.8, 4) is 0 Å². The Morgan fingerprint density at radius 1 is 1.09 bits per heavy atom. The molecule has 1 fully saturated rings. The number of halogens is 1. The molecule has 0 spiro atoms. The monoisotopic (exact) mass is 350 g/mol. The minimum absolute atomic E-state index is 0.0903. The fourth-order valence-electron chi connectivity index (χ4n) is 2.65. The molecule has 1 aliphatic carbocycles. The lowest BCUT2D eigenvalue weighted by atomic mass is 9.95. The zero-order chi connectivity index (χ0) is 16.4. The van der Waals surface area contributed by atoms with Gasteiger partial charge in [-0.1, -0.05) is 41.4 Å². The van der Waals surface area contributed by atoms with Crippen molar-refractivity contribution in [2.45, 2.75) is 30.6 Å². The van der Waals surface area contributed by atoms with Crippen LogP contribution in [0, 0.1) is 12.8 Å². The van der Waals surface area contributed by atoms with Gasteiger partial charge in [-0.3, -0.25) is 4.18 Å². The van der Waals surface area contributed by atoms with Crippen LogP contribution in [0.3, 0.4) is 0 Å². The number of aryl methyl sites for hydroxylation is 1. The third-order valence-electron chi connectivity index (χ3n) is 4.20. The highest BCUT2D eigenvalue weighted by Crippen LogP contribution is 2.43. The van der Waals surface area contributed by atoms with Crippen LogP contribution in [-0.4, -0.2) is 15.0 Å². The third kappa shape index (κ3) is 4.14. The molecule has 0 N–H and O–H groups in total. The van der Waals surface area contributed by atoms with Gasteiger partial charge in [-0.15, -0.1) is 0 Å². The lowest BCUT2D eigenvalue weighted by Gasteiger charge is -2.17. The largest absolute Gasteiger partial charge is 0.296 e. The van der Waals surface area contributed by atoms with Crippen LogP contribution in [-0.2, 0) is 14.3 Å². The Hall–Kier alpha value is -1.36. The summed E-state index contributed by atoms with van der Waals surface area (Å²) in [6.45, 7) is 2.09. The quantitative estimate of drug-likeness (QED) is 0.718. The van der Waals surface area contributed by atoms with Crippen LogP contribution in [0.15, 0.2) is 53.4 Å². The number of benzene rings is 2. The van der Waals surface area contributed by atoms with E-state index >= 15 is 0 Å². The van der Waals surface area contributed by atoms with Crippen molar-refractivity contribution in [3.05, 3.63) is 64.7 Å². The second-order valence-electron chi connectivity index (χ2n) is 6.05.